The van der Waals surface area contributed by atoms with Crippen LogP contribution >= 0.6 is 0 Å². The van der Waals surface area contributed by atoms with Crippen LogP contribution in [0.3, 0.4) is 0 Å². The Kier molecular flexibility index (Phi) is 5.24. The number of esters is 1. The zero-order chi connectivity index (χ0) is 18.7. The Morgan fingerprint density at radius 2 is 1.92 bits per heavy atom. The van der Waals surface area contributed by atoms with Crippen LogP contribution in [0.2, 0.25) is 0 Å². The lowest BCUT2D eigenvalue weighted by Gasteiger charge is -2.38. The minimum absolute atomic E-state index is 0.0495. The molecule has 1 saturated carbocycles. The van der Waals surface area contributed by atoms with Gasteiger partial charge in [0.05, 0.1) is 13.3 Å². The largest absolute Gasteiger partial charge is 0.486 e. The molecule has 9 heteroatoms. The van der Waals surface area contributed by atoms with Crippen molar-refractivity contribution >= 4 is 11.9 Å². The lowest BCUT2D eigenvalue weighted by molar-refractivity contribution is -0.150. The van der Waals surface area contributed by atoms with Crippen molar-refractivity contribution in [2.24, 2.45) is 5.92 Å². The summed E-state index contributed by atoms with van der Waals surface area (Å²) in [7, 11) is 1.21. The van der Waals surface area contributed by atoms with E-state index in [1.54, 1.807) is 0 Å². The maximum atomic E-state index is 12.9. The number of amides is 1. The second-order valence-corrected chi connectivity index (χ2v) is 6.41. The fourth-order valence-electron chi connectivity index (χ4n) is 3.31. The van der Waals surface area contributed by atoms with Gasteiger partial charge in [-0.3, -0.25) is 4.79 Å². The van der Waals surface area contributed by atoms with Gasteiger partial charge < -0.3 is 19.5 Å². The number of pyridine rings is 1. The quantitative estimate of drug-likeness (QED) is 0.816. The molecular formula is C17H20F2N2O5. The molecule has 2 aliphatic rings. The molecule has 0 atom stereocenters. The first kappa shape index (κ1) is 18.3. The molecule has 1 aromatic heterocycles. The maximum Gasteiger partial charge on any atom is 0.331 e. The Bertz CT molecular complexity index is 690. The molecular weight excluding hydrogens is 350 g/mol. The molecule has 1 aliphatic carbocycles. The van der Waals surface area contributed by atoms with Gasteiger partial charge in [0, 0.05) is 12.0 Å². The van der Waals surface area contributed by atoms with Crippen LogP contribution < -0.4 is 14.8 Å². The number of carbonyl (C=O) groups excluding carboxylic acids is 2. The number of fused-ring (bicyclic) bond motifs is 1. The number of hydrogen-bond donors (Lipinski definition) is 1. The Hall–Kier alpha value is -2.45. The third-order valence-corrected chi connectivity index (χ3v) is 4.83. The fraction of sp³-hybridized carbons (Fsp3) is 0.588. The number of aromatic nitrogens is 1. The maximum absolute atomic E-state index is 12.9. The number of hydrogen-bond acceptors (Lipinski definition) is 6. The van der Waals surface area contributed by atoms with Crippen molar-refractivity contribution in [1.82, 2.24) is 10.3 Å². The molecule has 0 aromatic carbocycles. The average molecular weight is 370 g/mol. The molecule has 1 amide bonds. The monoisotopic (exact) mass is 370 g/mol. The number of methoxy groups -OCH3 is 1. The second kappa shape index (κ2) is 7.43. The molecule has 1 fully saturated rings. The predicted octanol–water partition coefficient (Wildman–Crippen LogP) is 1.95. The van der Waals surface area contributed by atoms with E-state index in [1.165, 1.54) is 19.4 Å². The molecule has 0 spiro atoms. The van der Waals surface area contributed by atoms with Crippen molar-refractivity contribution in [3.63, 3.8) is 0 Å². The minimum atomic E-state index is -2.44. The molecule has 26 heavy (non-hydrogen) atoms. The molecule has 142 valence electrons. The summed E-state index contributed by atoms with van der Waals surface area (Å²) in [5.74, 6) is -1.19. The molecule has 0 unspecified atom stereocenters. The summed E-state index contributed by atoms with van der Waals surface area (Å²) in [5, 5.41) is 2.65. The molecule has 0 bridgehead atoms. The summed E-state index contributed by atoms with van der Waals surface area (Å²) in [6.07, 6.45) is -0.637. The van der Waals surface area contributed by atoms with E-state index in [0.29, 0.717) is 24.7 Å². The van der Waals surface area contributed by atoms with Crippen molar-refractivity contribution < 1.29 is 32.6 Å². The van der Waals surface area contributed by atoms with Crippen molar-refractivity contribution in [3.05, 3.63) is 18.0 Å². The van der Waals surface area contributed by atoms with E-state index in [9.17, 15) is 18.4 Å². The zero-order valence-corrected chi connectivity index (χ0v) is 14.3. The van der Waals surface area contributed by atoms with Crippen molar-refractivity contribution in [3.8, 4) is 11.5 Å². The third-order valence-electron chi connectivity index (χ3n) is 4.83. The fourth-order valence-corrected chi connectivity index (χ4v) is 3.31. The first-order chi connectivity index (χ1) is 12.4. The number of nitrogens with one attached hydrogen (secondary N) is 1. The molecule has 0 radical (unpaired) electrons. The highest BCUT2D eigenvalue weighted by Gasteiger charge is 2.46. The lowest BCUT2D eigenvalue weighted by atomic mass is 9.76. The SMILES string of the molecule is COC(=O)C1(NC(=O)c2cc3c(cn2)OCCO3)CCC(C(F)F)CC1. The summed E-state index contributed by atoms with van der Waals surface area (Å²) >= 11 is 0. The van der Waals surface area contributed by atoms with Gasteiger partial charge in [0.1, 0.15) is 24.4 Å². The van der Waals surface area contributed by atoms with Crippen LogP contribution in [0.25, 0.3) is 0 Å². The van der Waals surface area contributed by atoms with Gasteiger partial charge in [-0.15, -0.1) is 0 Å². The number of rotatable bonds is 4. The van der Waals surface area contributed by atoms with E-state index in [0.717, 1.165) is 0 Å². The first-order valence-electron chi connectivity index (χ1n) is 8.40. The summed E-state index contributed by atoms with van der Waals surface area (Å²) in [4.78, 5) is 28.9. The summed E-state index contributed by atoms with van der Waals surface area (Å²) in [6, 6.07) is 1.43. The van der Waals surface area contributed by atoms with Gasteiger partial charge in [-0.05, 0) is 25.7 Å². The third kappa shape index (κ3) is 3.56. The highest BCUT2D eigenvalue weighted by atomic mass is 19.3. The normalized spacial score (nSPS) is 24.8. The minimum Gasteiger partial charge on any atom is -0.486 e. The van der Waals surface area contributed by atoms with Crippen molar-refractivity contribution in [1.29, 1.82) is 0 Å². The van der Waals surface area contributed by atoms with Gasteiger partial charge >= 0.3 is 5.97 Å². The van der Waals surface area contributed by atoms with Gasteiger partial charge in [-0.2, -0.15) is 0 Å². The summed E-state index contributed by atoms with van der Waals surface area (Å²) in [5.41, 5.74) is -1.28. The smallest absolute Gasteiger partial charge is 0.331 e. The van der Waals surface area contributed by atoms with Crippen LogP contribution in [0.5, 0.6) is 11.5 Å². The predicted molar refractivity (Wildman–Crippen MR) is 85.4 cm³/mol. The van der Waals surface area contributed by atoms with Crippen molar-refractivity contribution in [2.45, 2.75) is 37.6 Å². The van der Waals surface area contributed by atoms with Gasteiger partial charge in [0.25, 0.3) is 5.91 Å². The van der Waals surface area contributed by atoms with E-state index < -0.39 is 29.8 Å². The highest BCUT2D eigenvalue weighted by Crippen LogP contribution is 2.36. The Morgan fingerprint density at radius 3 is 2.54 bits per heavy atom. The highest BCUT2D eigenvalue weighted by molar-refractivity contribution is 5.97. The lowest BCUT2D eigenvalue weighted by Crippen LogP contribution is -2.57. The van der Waals surface area contributed by atoms with Gasteiger partial charge in [0.15, 0.2) is 11.5 Å². The van der Waals surface area contributed by atoms with Crippen LogP contribution in [0.15, 0.2) is 12.3 Å². The van der Waals surface area contributed by atoms with Gasteiger partial charge in [-0.1, -0.05) is 0 Å². The number of nitrogens with zero attached hydrogens (tertiary/aromatic N) is 1. The van der Waals surface area contributed by atoms with Crippen LogP contribution in [-0.2, 0) is 9.53 Å². The van der Waals surface area contributed by atoms with Crippen LogP contribution in [0, 0.1) is 5.92 Å². The zero-order valence-electron chi connectivity index (χ0n) is 14.3. The first-order valence-corrected chi connectivity index (χ1v) is 8.40. The second-order valence-electron chi connectivity index (χ2n) is 6.41. The molecule has 7 nitrogen and oxygen atoms in total. The van der Waals surface area contributed by atoms with Crippen LogP contribution in [0.1, 0.15) is 36.2 Å². The Labute approximate surface area is 149 Å². The molecule has 3 rings (SSSR count). The van der Waals surface area contributed by atoms with E-state index in [4.69, 9.17) is 14.2 Å². The van der Waals surface area contributed by atoms with E-state index in [2.05, 4.69) is 10.3 Å². The Balaban J connectivity index is 1.77. The summed E-state index contributed by atoms with van der Waals surface area (Å²) < 4.78 is 41.4. The molecule has 1 N–H and O–H groups in total. The molecule has 2 heterocycles. The number of carbonyl (C=O) groups is 2. The molecule has 0 saturated heterocycles. The molecule has 1 aliphatic heterocycles. The van der Waals surface area contributed by atoms with Crippen LogP contribution in [-0.4, -0.2) is 49.1 Å². The number of alkyl halides is 2. The standard InChI is InChI=1S/C17H20F2N2O5/c1-24-16(23)17(4-2-10(3-5-17)14(18)19)21-15(22)11-8-12-13(9-20-11)26-7-6-25-12/h8-10,14H,2-7H2,1H3,(H,21,22). The van der Waals surface area contributed by atoms with Crippen molar-refractivity contribution in [2.75, 3.05) is 20.3 Å². The average Bonchev–Trinajstić information content (AvgIpc) is 2.67. The van der Waals surface area contributed by atoms with Gasteiger partial charge in [0.2, 0.25) is 6.43 Å². The number of halogens is 2. The molecule has 1 aromatic rings. The van der Waals surface area contributed by atoms with Crippen LogP contribution in [0.4, 0.5) is 8.78 Å². The Morgan fingerprint density at radius 1 is 1.27 bits per heavy atom. The topological polar surface area (TPSA) is 86.8 Å². The van der Waals surface area contributed by atoms with E-state index >= 15 is 0 Å². The number of ether oxygens (including phenoxy) is 3. The van der Waals surface area contributed by atoms with Gasteiger partial charge in [-0.25, -0.2) is 18.6 Å². The van der Waals surface area contributed by atoms with E-state index in [-0.39, 0.29) is 31.4 Å². The summed E-state index contributed by atoms with van der Waals surface area (Å²) in [6.45, 7) is 0.760. The van der Waals surface area contributed by atoms with E-state index in [1.807, 2.05) is 0 Å².